The molecule has 0 radical (unpaired) electrons. The van der Waals surface area contributed by atoms with E-state index in [1.165, 1.54) is 6.07 Å². The molecular weight excluding hydrogens is 283 g/mol. The van der Waals surface area contributed by atoms with Crippen molar-refractivity contribution in [3.8, 4) is 0 Å². The Morgan fingerprint density at radius 2 is 1.82 bits per heavy atom. The summed E-state index contributed by atoms with van der Waals surface area (Å²) in [6, 6.07) is 11.5. The van der Waals surface area contributed by atoms with Gasteiger partial charge in [-0.25, -0.2) is 4.39 Å². The van der Waals surface area contributed by atoms with E-state index < -0.39 is 5.82 Å². The third-order valence-corrected chi connectivity index (χ3v) is 3.18. The summed E-state index contributed by atoms with van der Waals surface area (Å²) in [4.78, 5) is 12.2. The predicted octanol–water partition coefficient (Wildman–Crippen LogP) is 4.13. The van der Waals surface area contributed by atoms with Gasteiger partial charge in [0.25, 0.3) is 0 Å². The number of halogens is 2. The molecule has 0 aliphatic rings. The number of hydrogen-bond donors (Lipinski definition) is 0. The van der Waals surface area contributed by atoms with Crippen molar-refractivity contribution in [3.05, 3.63) is 69.4 Å². The van der Waals surface area contributed by atoms with Gasteiger partial charge >= 0.3 is 0 Å². The van der Waals surface area contributed by atoms with Crippen molar-refractivity contribution < 1.29 is 9.18 Å². The summed E-state index contributed by atoms with van der Waals surface area (Å²) < 4.78 is 14.3. The summed E-state index contributed by atoms with van der Waals surface area (Å²) in [6.07, 6.45) is 0. The minimum absolute atomic E-state index is 0.108. The molecule has 0 bridgehead atoms. The van der Waals surface area contributed by atoms with Gasteiger partial charge in [-0.05, 0) is 31.2 Å². The Kier molecular flexibility index (Phi) is 3.38. The maximum Gasteiger partial charge on any atom is 0.197 e. The standard InChI is InChI=1S/C14H10BrFO/c1-9-6-7-13(16)11(8-9)14(17)10-4-2-3-5-12(10)15/h2-8H,1H3. The van der Waals surface area contributed by atoms with Gasteiger partial charge in [0.2, 0.25) is 0 Å². The van der Waals surface area contributed by atoms with Crippen molar-refractivity contribution in [2.45, 2.75) is 6.92 Å². The van der Waals surface area contributed by atoms with Gasteiger partial charge in [-0.3, -0.25) is 4.79 Å². The van der Waals surface area contributed by atoms with Gasteiger partial charge < -0.3 is 0 Å². The molecule has 0 saturated carbocycles. The molecule has 0 aromatic heterocycles. The largest absolute Gasteiger partial charge is 0.288 e. The zero-order valence-electron chi connectivity index (χ0n) is 9.21. The second kappa shape index (κ2) is 4.80. The minimum atomic E-state index is -0.489. The molecule has 0 heterocycles. The third kappa shape index (κ3) is 2.44. The van der Waals surface area contributed by atoms with Gasteiger partial charge in [0.15, 0.2) is 5.78 Å². The Hall–Kier alpha value is -1.48. The summed E-state index contributed by atoms with van der Waals surface area (Å²) in [7, 11) is 0. The van der Waals surface area contributed by atoms with Gasteiger partial charge in [0.1, 0.15) is 5.82 Å². The van der Waals surface area contributed by atoms with Gasteiger partial charge in [-0.1, -0.05) is 39.7 Å². The van der Waals surface area contributed by atoms with Crippen LogP contribution in [-0.2, 0) is 0 Å². The molecule has 0 aliphatic carbocycles. The fraction of sp³-hybridized carbons (Fsp3) is 0.0714. The zero-order chi connectivity index (χ0) is 12.4. The average Bonchev–Trinajstić information content (AvgIpc) is 2.32. The Labute approximate surface area is 107 Å². The zero-order valence-corrected chi connectivity index (χ0v) is 10.8. The Morgan fingerprint density at radius 1 is 1.12 bits per heavy atom. The highest BCUT2D eigenvalue weighted by Crippen LogP contribution is 2.21. The van der Waals surface area contributed by atoms with E-state index in [0.717, 1.165) is 5.56 Å². The lowest BCUT2D eigenvalue weighted by Crippen LogP contribution is -2.05. The van der Waals surface area contributed by atoms with E-state index in [2.05, 4.69) is 15.9 Å². The number of ketones is 1. The van der Waals surface area contributed by atoms with Gasteiger partial charge in [0.05, 0.1) is 5.56 Å². The highest BCUT2D eigenvalue weighted by Gasteiger charge is 2.16. The molecule has 0 amide bonds. The maximum atomic E-state index is 13.6. The number of carbonyl (C=O) groups excluding carboxylic acids is 1. The smallest absolute Gasteiger partial charge is 0.197 e. The lowest BCUT2D eigenvalue weighted by atomic mass is 10.0. The van der Waals surface area contributed by atoms with Crippen LogP contribution in [0.2, 0.25) is 0 Å². The van der Waals surface area contributed by atoms with Crippen molar-refractivity contribution in [3.63, 3.8) is 0 Å². The summed E-state index contributed by atoms with van der Waals surface area (Å²) in [5, 5.41) is 0. The molecular formula is C14H10BrFO. The maximum absolute atomic E-state index is 13.6. The molecule has 2 aromatic rings. The lowest BCUT2D eigenvalue weighted by molar-refractivity contribution is 0.103. The van der Waals surface area contributed by atoms with E-state index in [1.807, 2.05) is 13.0 Å². The number of hydrogen-bond acceptors (Lipinski definition) is 1. The van der Waals surface area contributed by atoms with Gasteiger partial charge in [-0.15, -0.1) is 0 Å². The number of rotatable bonds is 2. The SMILES string of the molecule is Cc1ccc(F)c(C(=O)c2ccccc2Br)c1. The van der Waals surface area contributed by atoms with Crippen molar-refractivity contribution in [1.29, 1.82) is 0 Å². The first kappa shape index (κ1) is 12.0. The quantitative estimate of drug-likeness (QED) is 0.761. The summed E-state index contributed by atoms with van der Waals surface area (Å²) in [5.74, 6) is -0.796. The van der Waals surface area contributed by atoms with Crippen LogP contribution < -0.4 is 0 Å². The Bertz CT molecular complexity index is 578. The molecule has 0 atom stereocenters. The van der Waals surface area contributed by atoms with E-state index in [-0.39, 0.29) is 11.3 Å². The number of benzene rings is 2. The second-order valence-corrected chi connectivity index (χ2v) is 4.65. The fourth-order valence-corrected chi connectivity index (χ4v) is 2.07. The Balaban J connectivity index is 2.51. The van der Waals surface area contributed by atoms with Crippen LogP contribution in [0.25, 0.3) is 0 Å². The van der Waals surface area contributed by atoms with Crippen molar-refractivity contribution in [2.75, 3.05) is 0 Å². The minimum Gasteiger partial charge on any atom is -0.288 e. The van der Waals surface area contributed by atoms with Crippen LogP contribution in [0.1, 0.15) is 21.5 Å². The summed E-state index contributed by atoms with van der Waals surface area (Å²) >= 11 is 3.29. The van der Waals surface area contributed by atoms with Crippen LogP contribution in [0, 0.1) is 12.7 Å². The topological polar surface area (TPSA) is 17.1 Å². The van der Waals surface area contributed by atoms with Crippen LogP contribution in [0.15, 0.2) is 46.9 Å². The van der Waals surface area contributed by atoms with Crippen LogP contribution in [0.3, 0.4) is 0 Å². The van der Waals surface area contributed by atoms with Gasteiger partial charge in [0, 0.05) is 10.0 Å². The van der Waals surface area contributed by atoms with Crippen molar-refractivity contribution >= 4 is 21.7 Å². The first-order chi connectivity index (χ1) is 8.09. The highest BCUT2D eigenvalue weighted by molar-refractivity contribution is 9.10. The molecule has 0 unspecified atom stereocenters. The molecule has 86 valence electrons. The van der Waals surface area contributed by atoms with Crippen molar-refractivity contribution in [1.82, 2.24) is 0 Å². The third-order valence-electron chi connectivity index (χ3n) is 2.48. The number of aryl methyl sites for hydroxylation is 1. The average molecular weight is 293 g/mol. The summed E-state index contributed by atoms with van der Waals surface area (Å²) in [6.45, 7) is 1.83. The molecule has 0 saturated heterocycles. The van der Waals surface area contributed by atoms with Gasteiger partial charge in [-0.2, -0.15) is 0 Å². The molecule has 2 rings (SSSR count). The van der Waals surface area contributed by atoms with Crippen LogP contribution in [-0.4, -0.2) is 5.78 Å². The van der Waals surface area contributed by atoms with E-state index in [0.29, 0.717) is 10.0 Å². The van der Waals surface area contributed by atoms with Crippen LogP contribution in [0.4, 0.5) is 4.39 Å². The molecule has 1 nitrogen and oxygen atoms in total. The van der Waals surface area contributed by atoms with Crippen LogP contribution in [0.5, 0.6) is 0 Å². The molecule has 2 aromatic carbocycles. The molecule has 0 N–H and O–H groups in total. The Morgan fingerprint density at radius 3 is 2.53 bits per heavy atom. The fourth-order valence-electron chi connectivity index (χ4n) is 1.60. The summed E-state index contributed by atoms with van der Waals surface area (Å²) in [5.41, 5.74) is 1.44. The molecule has 3 heteroatoms. The molecule has 0 spiro atoms. The first-order valence-electron chi connectivity index (χ1n) is 5.15. The molecule has 0 fully saturated rings. The lowest BCUT2D eigenvalue weighted by Gasteiger charge is -2.05. The van der Waals surface area contributed by atoms with E-state index in [1.54, 1.807) is 30.3 Å². The monoisotopic (exact) mass is 292 g/mol. The highest BCUT2D eigenvalue weighted by atomic mass is 79.9. The predicted molar refractivity (Wildman–Crippen MR) is 68.7 cm³/mol. The normalized spacial score (nSPS) is 10.3. The first-order valence-corrected chi connectivity index (χ1v) is 5.94. The van der Waals surface area contributed by atoms with Crippen molar-refractivity contribution in [2.24, 2.45) is 0 Å². The van der Waals surface area contributed by atoms with Crippen LogP contribution >= 0.6 is 15.9 Å². The molecule has 0 aliphatic heterocycles. The number of carbonyl (C=O) groups is 1. The van der Waals surface area contributed by atoms with E-state index in [4.69, 9.17) is 0 Å². The van der Waals surface area contributed by atoms with E-state index >= 15 is 0 Å². The van der Waals surface area contributed by atoms with E-state index in [9.17, 15) is 9.18 Å². The molecule has 17 heavy (non-hydrogen) atoms. The second-order valence-electron chi connectivity index (χ2n) is 3.79.